The highest BCUT2D eigenvalue weighted by Crippen LogP contribution is 2.13. The fraction of sp³-hybridized carbons (Fsp3) is 0.200. The molecule has 118 valence electrons. The minimum absolute atomic E-state index is 0.199. The average Bonchev–Trinajstić information content (AvgIpc) is 2.55. The molecule has 0 saturated carbocycles. The topological polar surface area (TPSA) is 43.4 Å². The molecule has 1 atom stereocenters. The smallest absolute Gasteiger partial charge is 0.331 e. The van der Waals surface area contributed by atoms with Gasteiger partial charge in [0.05, 0.1) is 0 Å². The summed E-state index contributed by atoms with van der Waals surface area (Å²) >= 11 is 0. The molecule has 0 fully saturated rings. The Labute approximate surface area is 136 Å². The zero-order valence-corrected chi connectivity index (χ0v) is 13.6. The lowest BCUT2D eigenvalue weighted by Crippen LogP contribution is -2.23. The molecule has 0 heterocycles. The number of ether oxygens (including phenoxy) is 1. The Morgan fingerprint density at radius 3 is 2.35 bits per heavy atom. The molecule has 0 aliphatic heterocycles. The molecule has 0 radical (unpaired) electrons. The maximum absolute atomic E-state index is 12.3. The summed E-state index contributed by atoms with van der Waals surface area (Å²) in [5.41, 5.74) is 3.62. The van der Waals surface area contributed by atoms with E-state index in [0.29, 0.717) is 5.56 Å². The quantitative estimate of drug-likeness (QED) is 0.474. The summed E-state index contributed by atoms with van der Waals surface area (Å²) < 4.78 is 5.18. The van der Waals surface area contributed by atoms with Gasteiger partial charge in [0.2, 0.25) is 5.78 Å². The minimum Gasteiger partial charge on any atom is -0.451 e. The average molecular weight is 308 g/mol. The fourth-order valence-electron chi connectivity index (χ4n) is 2.12. The van der Waals surface area contributed by atoms with Crippen molar-refractivity contribution in [3.8, 4) is 0 Å². The van der Waals surface area contributed by atoms with Crippen molar-refractivity contribution >= 4 is 17.8 Å². The van der Waals surface area contributed by atoms with Gasteiger partial charge in [-0.2, -0.15) is 0 Å². The van der Waals surface area contributed by atoms with E-state index in [9.17, 15) is 9.59 Å². The Hall–Kier alpha value is -2.68. The maximum Gasteiger partial charge on any atom is 0.331 e. The number of ketones is 1. The summed E-state index contributed by atoms with van der Waals surface area (Å²) in [6, 6.07) is 14.9. The summed E-state index contributed by atoms with van der Waals surface area (Å²) in [4.78, 5) is 24.1. The Bertz CT molecular complexity index is 730. The number of aryl methyl sites for hydroxylation is 2. The van der Waals surface area contributed by atoms with E-state index in [1.165, 1.54) is 6.08 Å². The van der Waals surface area contributed by atoms with Gasteiger partial charge in [-0.15, -0.1) is 0 Å². The third-order valence-electron chi connectivity index (χ3n) is 3.67. The second kappa shape index (κ2) is 7.54. The number of benzene rings is 2. The van der Waals surface area contributed by atoms with Crippen molar-refractivity contribution in [2.45, 2.75) is 26.9 Å². The summed E-state index contributed by atoms with van der Waals surface area (Å²) in [5.74, 6) is -0.729. The molecule has 0 spiro atoms. The van der Waals surface area contributed by atoms with Crippen LogP contribution in [0.15, 0.2) is 54.6 Å². The van der Waals surface area contributed by atoms with Crippen LogP contribution in [0.2, 0.25) is 0 Å². The van der Waals surface area contributed by atoms with Crippen LogP contribution >= 0.6 is 0 Å². The van der Waals surface area contributed by atoms with Crippen LogP contribution in [0.1, 0.15) is 34.0 Å². The molecule has 3 heteroatoms. The van der Waals surface area contributed by atoms with Gasteiger partial charge in [-0.3, -0.25) is 4.79 Å². The third-order valence-corrected chi connectivity index (χ3v) is 3.67. The first-order valence-corrected chi connectivity index (χ1v) is 7.52. The molecule has 0 aromatic heterocycles. The number of carbonyl (C=O) groups excluding carboxylic acids is 2. The Kier molecular flexibility index (Phi) is 5.47. The molecule has 2 aromatic rings. The molecular weight excluding hydrogens is 288 g/mol. The summed E-state index contributed by atoms with van der Waals surface area (Å²) in [7, 11) is 0. The molecule has 2 aromatic carbocycles. The van der Waals surface area contributed by atoms with Crippen molar-refractivity contribution in [1.82, 2.24) is 0 Å². The highest BCUT2D eigenvalue weighted by atomic mass is 16.5. The van der Waals surface area contributed by atoms with Gasteiger partial charge in [0.1, 0.15) is 0 Å². The summed E-state index contributed by atoms with van der Waals surface area (Å²) in [6.07, 6.45) is 2.18. The molecule has 0 N–H and O–H groups in total. The first-order chi connectivity index (χ1) is 11.0. The standard InChI is InChI=1S/C20H20O3/c1-14-9-11-18(13-15(14)2)20(22)16(3)23-19(21)12-10-17-7-5-4-6-8-17/h4-13,16H,1-3H3/b12-10+/t16-/m1/s1. The van der Waals surface area contributed by atoms with Gasteiger partial charge in [-0.05, 0) is 49.6 Å². The third kappa shape index (κ3) is 4.65. The molecule has 23 heavy (non-hydrogen) atoms. The van der Waals surface area contributed by atoms with Crippen LogP contribution in [0.3, 0.4) is 0 Å². The van der Waals surface area contributed by atoms with Gasteiger partial charge in [0, 0.05) is 11.6 Å². The van der Waals surface area contributed by atoms with Crippen molar-refractivity contribution < 1.29 is 14.3 Å². The Balaban J connectivity index is 1.99. The lowest BCUT2D eigenvalue weighted by atomic mass is 10.0. The molecule has 0 aliphatic rings. The van der Waals surface area contributed by atoms with Crippen LogP contribution in [0.4, 0.5) is 0 Å². The zero-order valence-electron chi connectivity index (χ0n) is 13.6. The van der Waals surface area contributed by atoms with Gasteiger partial charge in [-0.25, -0.2) is 4.79 Å². The second-order valence-corrected chi connectivity index (χ2v) is 5.49. The lowest BCUT2D eigenvalue weighted by Gasteiger charge is -2.12. The van der Waals surface area contributed by atoms with E-state index in [1.807, 2.05) is 56.3 Å². The van der Waals surface area contributed by atoms with Gasteiger partial charge >= 0.3 is 5.97 Å². The first kappa shape index (κ1) is 16.7. The highest BCUT2D eigenvalue weighted by Gasteiger charge is 2.18. The van der Waals surface area contributed by atoms with Gasteiger partial charge in [0.25, 0.3) is 0 Å². The molecule has 0 amide bonds. The highest BCUT2D eigenvalue weighted by molar-refractivity contribution is 6.01. The number of Topliss-reactive ketones (excluding diaryl/α,β-unsaturated/α-hetero) is 1. The van der Waals surface area contributed by atoms with Crippen LogP contribution < -0.4 is 0 Å². The lowest BCUT2D eigenvalue weighted by molar-refractivity contribution is -0.140. The molecule has 2 rings (SSSR count). The van der Waals surface area contributed by atoms with Crippen LogP contribution in [-0.2, 0) is 9.53 Å². The van der Waals surface area contributed by atoms with E-state index in [0.717, 1.165) is 16.7 Å². The molecule has 0 aliphatic carbocycles. The van der Waals surface area contributed by atoms with E-state index in [2.05, 4.69) is 0 Å². The number of hydrogen-bond acceptors (Lipinski definition) is 3. The molecule has 0 bridgehead atoms. The normalized spacial score (nSPS) is 12.1. The van der Waals surface area contributed by atoms with Crippen LogP contribution in [0.25, 0.3) is 6.08 Å². The first-order valence-electron chi connectivity index (χ1n) is 7.52. The summed E-state index contributed by atoms with van der Waals surface area (Å²) in [6.45, 7) is 5.53. The van der Waals surface area contributed by atoms with Crippen LogP contribution in [0.5, 0.6) is 0 Å². The number of hydrogen-bond donors (Lipinski definition) is 0. The van der Waals surface area contributed by atoms with Crippen LogP contribution in [0, 0.1) is 13.8 Å². The van der Waals surface area contributed by atoms with Crippen LogP contribution in [-0.4, -0.2) is 17.9 Å². The predicted octanol–water partition coefficient (Wildman–Crippen LogP) is 4.13. The van der Waals surface area contributed by atoms with E-state index in [1.54, 1.807) is 19.1 Å². The maximum atomic E-state index is 12.3. The van der Waals surface area contributed by atoms with E-state index in [4.69, 9.17) is 4.74 Å². The molecule has 0 saturated heterocycles. The van der Waals surface area contributed by atoms with Crippen molar-refractivity contribution in [3.05, 3.63) is 76.9 Å². The van der Waals surface area contributed by atoms with E-state index >= 15 is 0 Å². The second-order valence-electron chi connectivity index (χ2n) is 5.49. The minimum atomic E-state index is -0.815. The largest absolute Gasteiger partial charge is 0.451 e. The molecule has 3 nitrogen and oxygen atoms in total. The van der Waals surface area contributed by atoms with Crippen molar-refractivity contribution in [2.75, 3.05) is 0 Å². The van der Waals surface area contributed by atoms with E-state index in [-0.39, 0.29) is 5.78 Å². The van der Waals surface area contributed by atoms with Gasteiger partial charge < -0.3 is 4.74 Å². The Morgan fingerprint density at radius 2 is 1.70 bits per heavy atom. The number of carbonyl (C=O) groups is 2. The Morgan fingerprint density at radius 1 is 1.00 bits per heavy atom. The predicted molar refractivity (Wildman–Crippen MR) is 91.3 cm³/mol. The van der Waals surface area contributed by atoms with Crippen molar-refractivity contribution in [2.24, 2.45) is 0 Å². The van der Waals surface area contributed by atoms with E-state index < -0.39 is 12.1 Å². The SMILES string of the molecule is Cc1ccc(C(=O)[C@@H](C)OC(=O)/C=C/c2ccccc2)cc1C. The monoisotopic (exact) mass is 308 g/mol. The number of rotatable bonds is 5. The van der Waals surface area contributed by atoms with Crippen molar-refractivity contribution in [3.63, 3.8) is 0 Å². The molecular formula is C20H20O3. The van der Waals surface area contributed by atoms with Gasteiger partial charge in [-0.1, -0.05) is 42.5 Å². The fourth-order valence-corrected chi connectivity index (χ4v) is 2.12. The van der Waals surface area contributed by atoms with Crippen molar-refractivity contribution in [1.29, 1.82) is 0 Å². The molecule has 0 unspecified atom stereocenters. The summed E-state index contributed by atoms with van der Waals surface area (Å²) in [5, 5.41) is 0. The number of esters is 1. The zero-order chi connectivity index (χ0) is 16.8. The van der Waals surface area contributed by atoms with Gasteiger partial charge in [0.15, 0.2) is 6.10 Å².